The maximum Gasteiger partial charge on any atom is 0.263 e. The normalized spacial score (nSPS) is 11.8. The highest BCUT2D eigenvalue weighted by atomic mass is 35.5. The number of benzene rings is 2. The fourth-order valence-electron chi connectivity index (χ4n) is 1.95. The number of fused-ring (bicyclic) bond motifs is 1. The van der Waals surface area contributed by atoms with Crippen molar-refractivity contribution in [1.82, 2.24) is 5.16 Å². The number of anilines is 1. The molecule has 22 heavy (non-hydrogen) atoms. The lowest BCUT2D eigenvalue weighted by Crippen LogP contribution is -2.13. The van der Waals surface area contributed by atoms with Gasteiger partial charge in [0.25, 0.3) is 10.0 Å². The third kappa shape index (κ3) is 2.65. The minimum Gasteiger partial charge on any atom is -0.354 e. The quantitative estimate of drug-likeness (QED) is 0.761. The first-order valence-corrected chi connectivity index (χ1v) is 8.45. The van der Waals surface area contributed by atoms with Crippen LogP contribution >= 0.6 is 23.2 Å². The highest BCUT2D eigenvalue weighted by molar-refractivity contribution is 7.92. The molecule has 8 heteroatoms. The van der Waals surface area contributed by atoms with Crippen LogP contribution in [0.5, 0.6) is 0 Å². The van der Waals surface area contributed by atoms with E-state index in [4.69, 9.17) is 27.7 Å². The zero-order valence-corrected chi connectivity index (χ0v) is 13.6. The van der Waals surface area contributed by atoms with Crippen LogP contribution < -0.4 is 4.72 Å². The predicted octanol–water partition coefficient (Wildman–Crippen LogP) is 4.24. The molecule has 114 valence electrons. The Bertz CT molecular complexity index is 967. The number of aryl methyl sites for hydroxylation is 1. The molecule has 0 saturated heterocycles. The van der Waals surface area contributed by atoms with Gasteiger partial charge < -0.3 is 4.52 Å². The average molecular weight is 357 g/mol. The molecular formula is C14H10Cl2N2O3S. The zero-order chi connectivity index (χ0) is 15.9. The Morgan fingerprint density at radius 1 is 1.14 bits per heavy atom. The Kier molecular flexibility index (Phi) is 3.76. The van der Waals surface area contributed by atoms with Crippen molar-refractivity contribution in [1.29, 1.82) is 0 Å². The van der Waals surface area contributed by atoms with Crippen LogP contribution in [0.15, 0.2) is 45.8 Å². The van der Waals surface area contributed by atoms with Gasteiger partial charge in [-0.1, -0.05) is 40.5 Å². The van der Waals surface area contributed by atoms with E-state index in [9.17, 15) is 8.42 Å². The maximum absolute atomic E-state index is 12.4. The van der Waals surface area contributed by atoms with Gasteiger partial charge in [0.05, 0.1) is 15.3 Å². The highest BCUT2D eigenvalue weighted by Crippen LogP contribution is 2.31. The number of aromatic nitrogens is 1. The van der Waals surface area contributed by atoms with Gasteiger partial charge >= 0.3 is 0 Å². The Balaban J connectivity index is 2.05. The first-order chi connectivity index (χ1) is 10.4. The molecule has 0 spiro atoms. The molecule has 0 aliphatic carbocycles. The molecule has 0 bridgehead atoms. The highest BCUT2D eigenvalue weighted by Gasteiger charge is 2.20. The molecule has 0 amide bonds. The summed E-state index contributed by atoms with van der Waals surface area (Å²) in [5.74, 6) is 0.0392. The van der Waals surface area contributed by atoms with Crippen molar-refractivity contribution in [2.75, 3.05) is 4.72 Å². The summed E-state index contributed by atoms with van der Waals surface area (Å²) in [4.78, 5) is 0.0336. The molecule has 0 saturated carbocycles. The first kappa shape index (κ1) is 15.1. The number of nitrogens with one attached hydrogen (secondary N) is 1. The molecule has 1 aromatic heterocycles. The topological polar surface area (TPSA) is 72.2 Å². The van der Waals surface area contributed by atoms with Crippen LogP contribution in [0.2, 0.25) is 10.0 Å². The van der Waals surface area contributed by atoms with Gasteiger partial charge in [0.1, 0.15) is 0 Å². The van der Waals surface area contributed by atoms with Crippen LogP contribution in [0.4, 0.5) is 5.82 Å². The van der Waals surface area contributed by atoms with E-state index in [0.717, 1.165) is 5.56 Å². The second-order valence-corrected chi connectivity index (χ2v) is 7.16. The van der Waals surface area contributed by atoms with Crippen molar-refractivity contribution in [3.63, 3.8) is 0 Å². The lowest BCUT2D eigenvalue weighted by molar-refractivity contribution is 0.460. The smallest absolute Gasteiger partial charge is 0.263 e. The van der Waals surface area contributed by atoms with E-state index >= 15 is 0 Å². The zero-order valence-electron chi connectivity index (χ0n) is 11.3. The second-order valence-electron chi connectivity index (χ2n) is 4.66. The van der Waals surface area contributed by atoms with Crippen molar-refractivity contribution in [3.8, 4) is 0 Å². The number of hydrogen-bond acceptors (Lipinski definition) is 4. The number of rotatable bonds is 3. The summed E-state index contributed by atoms with van der Waals surface area (Å²) in [6, 6.07) is 9.44. The summed E-state index contributed by atoms with van der Waals surface area (Å²) in [7, 11) is -3.85. The van der Waals surface area contributed by atoms with E-state index in [1.165, 1.54) is 12.1 Å². The number of nitrogens with zero attached hydrogens (tertiary/aromatic N) is 1. The molecule has 3 rings (SSSR count). The van der Waals surface area contributed by atoms with E-state index in [0.29, 0.717) is 21.0 Å². The summed E-state index contributed by atoms with van der Waals surface area (Å²) in [5.41, 5.74) is 1.18. The first-order valence-electron chi connectivity index (χ1n) is 6.21. The second kappa shape index (κ2) is 5.46. The molecule has 1 N–H and O–H groups in total. The monoisotopic (exact) mass is 356 g/mol. The third-order valence-electron chi connectivity index (χ3n) is 3.13. The van der Waals surface area contributed by atoms with Gasteiger partial charge in [-0.3, -0.25) is 4.72 Å². The van der Waals surface area contributed by atoms with Crippen LogP contribution in [0.1, 0.15) is 5.56 Å². The molecule has 0 aliphatic heterocycles. The molecule has 0 atom stereocenters. The van der Waals surface area contributed by atoms with E-state index in [2.05, 4.69) is 9.88 Å². The van der Waals surface area contributed by atoms with E-state index < -0.39 is 10.0 Å². The Morgan fingerprint density at radius 3 is 2.64 bits per heavy atom. The van der Waals surface area contributed by atoms with Crippen LogP contribution in [0.3, 0.4) is 0 Å². The Morgan fingerprint density at radius 2 is 1.91 bits per heavy atom. The molecule has 2 aromatic carbocycles. The molecule has 3 aromatic rings. The summed E-state index contributed by atoms with van der Waals surface area (Å²) < 4.78 is 32.3. The van der Waals surface area contributed by atoms with Gasteiger partial charge in [0, 0.05) is 5.02 Å². The van der Waals surface area contributed by atoms with Gasteiger partial charge in [-0.25, -0.2) is 8.42 Å². The fraction of sp³-hybridized carbons (Fsp3) is 0.0714. The lowest BCUT2D eigenvalue weighted by Gasteiger charge is -2.07. The average Bonchev–Trinajstić information content (AvgIpc) is 2.85. The molecular weight excluding hydrogens is 347 g/mol. The Labute approximate surface area is 136 Å². The minimum atomic E-state index is -3.85. The summed E-state index contributed by atoms with van der Waals surface area (Å²) in [6.07, 6.45) is 0. The minimum absolute atomic E-state index is 0.0336. The van der Waals surface area contributed by atoms with Gasteiger partial charge in [0.15, 0.2) is 11.4 Å². The molecule has 0 unspecified atom stereocenters. The van der Waals surface area contributed by atoms with Crippen LogP contribution in [0.25, 0.3) is 11.0 Å². The number of sulfonamides is 1. The standard InChI is InChI=1S/C14H10Cl2N2O3S/c1-8-5-6-9(7-11(8)16)22(19,20)18-14-13-10(15)3-2-4-12(13)21-17-14/h2-7H,1H3,(H,17,18). The molecule has 0 fully saturated rings. The lowest BCUT2D eigenvalue weighted by atomic mass is 10.2. The van der Waals surface area contributed by atoms with Gasteiger partial charge in [0.2, 0.25) is 0 Å². The molecule has 0 aliphatic rings. The van der Waals surface area contributed by atoms with Crippen molar-refractivity contribution in [2.24, 2.45) is 0 Å². The van der Waals surface area contributed by atoms with Gasteiger partial charge in [-0.2, -0.15) is 0 Å². The van der Waals surface area contributed by atoms with Crippen molar-refractivity contribution < 1.29 is 12.9 Å². The van der Waals surface area contributed by atoms with E-state index in [-0.39, 0.29) is 10.7 Å². The van der Waals surface area contributed by atoms with Crippen LogP contribution in [-0.4, -0.2) is 13.6 Å². The fourth-order valence-corrected chi connectivity index (χ4v) is 3.48. The number of hydrogen-bond donors (Lipinski definition) is 1. The molecule has 5 nitrogen and oxygen atoms in total. The molecule has 1 heterocycles. The van der Waals surface area contributed by atoms with E-state index in [1.807, 2.05) is 0 Å². The predicted molar refractivity (Wildman–Crippen MR) is 86.0 cm³/mol. The molecule has 0 radical (unpaired) electrons. The van der Waals surface area contributed by atoms with Crippen molar-refractivity contribution in [2.45, 2.75) is 11.8 Å². The van der Waals surface area contributed by atoms with Crippen LogP contribution in [0, 0.1) is 6.92 Å². The summed E-state index contributed by atoms with van der Waals surface area (Å²) in [6.45, 7) is 1.79. The van der Waals surface area contributed by atoms with Crippen LogP contribution in [-0.2, 0) is 10.0 Å². The summed E-state index contributed by atoms with van der Waals surface area (Å²) in [5, 5.41) is 4.84. The SMILES string of the molecule is Cc1ccc(S(=O)(=O)Nc2noc3cccc(Cl)c23)cc1Cl. The maximum atomic E-state index is 12.4. The van der Waals surface area contributed by atoms with E-state index in [1.54, 1.807) is 31.2 Å². The summed E-state index contributed by atoms with van der Waals surface area (Å²) >= 11 is 12.0. The largest absolute Gasteiger partial charge is 0.354 e. The third-order valence-corrected chi connectivity index (χ3v) is 5.19. The number of halogens is 2. The van der Waals surface area contributed by atoms with Crippen molar-refractivity contribution >= 4 is 50.0 Å². The van der Waals surface area contributed by atoms with Crippen molar-refractivity contribution in [3.05, 3.63) is 52.0 Å². The Hall–Kier alpha value is -1.76. The van der Waals surface area contributed by atoms with Gasteiger partial charge in [-0.15, -0.1) is 0 Å². The van der Waals surface area contributed by atoms with Gasteiger partial charge in [-0.05, 0) is 36.8 Å².